The molecule has 1 aliphatic rings. The molecule has 2 aromatic rings. The van der Waals surface area contributed by atoms with Gasteiger partial charge in [-0.3, -0.25) is 4.90 Å². The summed E-state index contributed by atoms with van der Waals surface area (Å²) in [6, 6.07) is 4.75. The highest BCUT2D eigenvalue weighted by Gasteiger charge is 2.30. The molecule has 1 saturated heterocycles. The van der Waals surface area contributed by atoms with Crippen molar-refractivity contribution in [2.24, 2.45) is 0 Å². The summed E-state index contributed by atoms with van der Waals surface area (Å²) >= 11 is 1.86. The standard InChI is InChI=1S/C16H22N2OS/c1-11(2)13-9-15(19-17-13)14-5-4-7-18(14)10-16-12(3)6-8-20-16/h6,8-9,11,14H,4-5,7,10H2,1-3H3/t14-/m1/s1. The van der Waals surface area contributed by atoms with Gasteiger partial charge in [-0.05, 0) is 49.2 Å². The minimum Gasteiger partial charge on any atom is -0.359 e. The molecule has 0 aromatic carbocycles. The van der Waals surface area contributed by atoms with E-state index in [2.05, 4.69) is 48.3 Å². The monoisotopic (exact) mass is 290 g/mol. The third-order valence-electron chi connectivity index (χ3n) is 4.15. The molecule has 3 rings (SSSR count). The van der Waals surface area contributed by atoms with E-state index >= 15 is 0 Å². The lowest BCUT2D eigenvalue weighted by Gasteiger charge is -2.21. The molecule has 1 fully saturated rings. The lowest BCUT2D eigenvalue weighted by Crippen LogP contribution is -2.22. The van der Waals surface area contributed by atoms with Gasteiger partial charge >= 0.3 is 0 Å². The third kappa shape index (κ3) is 2.67. The summed E-state index contributed by atoms with van der Waals surface area (Å²) < 4.78 is 5.60. The topological polar surface area (TPSA) is 29.3 Å². The zero-order chi connectivity index (χ0) is 14.1. The van der Waals surface area contributed by atoms with Crippen LogP contribution in [0.3, 0.4) is 0 Å². The van der Waals surface area contributed by atoms with Gasteiger partial charge in [-0.15, -0.1) is 11.3 Å². The second-order valence-electron chi connectivity index (χ2n) is 5.96. The van der Waals surface area contributed by atoms with Crippen LogP contribution < -0.4 is 0 Å². The molecular formula is C16H22N2OS. The lowest BCUT2D eigenvalue weighted by atomic mass is 10.1. The van der Waals surface area contributed by atoms with E-state index in [-0.39, 0.29) is 0 Å². The van der Waals surface area contributed by atoms with Gasteiger partial charge in [-0.2, -0.15) is 0 Å². The van der Waals surface area contributed by atoms with E-state index in [9.17, 15) is 0 Å². The molecule has 1 atom stereocenters. The van der Waals surface area contributed by atoms with E-state index in [4.69, 9.17) is 4.52 Å². The number of aromatic nitrogens is 1. The van der Waals surface area contributed by atoms with Crippen molar-refractivity contribution in [2.45, 2.75) is 52.1 Å². The Bertz CT molecular complexity index is 573. The van der Waals surface area contributed by atoms with E-state index in [0.717, 1.165) is 24.5 Å². The molecule has 0 aliphatic carbocycles. The third-order valence-corrected chi connectivity index (χ3v) is 5.15. The molecule has 0 N–H and O–H groups in total. The summed E-state index contributed by atoms with van der Waals surface area (Å²) in [6.07, 6.45) is 2.42. The Balaban J connectivity index is 1.76. The number of hydrogen-bond donors (Lipinski definition) is 0. The van der Waals surface area contributed by atoms with Gasteiger partial charge in [0.15, 0.2) is 5.76 Å². The molecule has 1 aliphatic heterocycles. The number of aryl methyl sites for hydroxylation is 1. The van der Waals surface area contributed by atoms with Gasteiger partial charge in [0, 0.05) is 17.5 Å². The van der Waals surface area contributed by atoms with Crippen LogP contribution in [-0.2, 0) is 6.54 Å². The Morgan fingerprint density at radius 1 is 1.50 bits per heavy atom. The fourth-order valence-electron chi connectivity index (χ4n) is 2.82. The number of thiophene rings is 1. The normalized spacial score (nSPS) is 20.1. The first kappa shape index (κ1) is 13.8. The van der Waals surface area contributed by atoms with Gasteiger partial charge < -0.3 is 4.52 Å². The molecule has 0 unspecified atom stereocenters. The van der Waals surface area contributed by atoms with Crippen LogP contribution in [0.1, 0.15) is 60.5 Å². The van der Waals surface area contributed by atoms with Crippen molar-refractivity contribution in [1.82, 2.24) is 10.1 Å². The molecule has 2 aromatic heterocycles. The van der Waals surface area contributed by atoms with Crippen LogP contribution in [0.15, 0.2) is 22.0 Å². The average Bonchev–Trinajstić information content (AvgIpc) is 3.11. The molecule has 0 amide bonds. The Labute approximate surface area is 124 Å². The molecule has 108 valence electrons. The van der Waals surface area contributed by atoms with Gasteiger partial charge in [0.25, 0.3) is 0 Å². The fraction of sp³-hybridized carbons (Fsp3) is 0.562. The maximum atomic E-state index is 5.60. The van der Waals surface area contributed by atoms with Gasteiger partial charge in [0.05, 0.1) is 11.7 Å². The maximum absolute atomic E-state index is 5.60. The highest BCUT2D eigenvalue weighted by molar-refractivity contribution is 7.10. The molecule has 3 nitrogen and oxygen atoms in total. The summed E-state index contributed by atoms with van der Waals surface area (Å²) in [5, 5.41) is 6.39. The van der Waals surface area contributed by atoms with Crippen molar-refractivity contribution in [3.05, 3.63) is 39.4 Å². The average molecular weight is 290 g/mol. The summed E-state index contributed by atoms with van der Waals surface area (Å²) in [7, 11) is 0. The Morgan fingerprint density at radius 3 is 3.00 bits per heavy atom. The fourth-order valence-corrected chi connectivity index (χ4v) is 3.75. The van der Waals surface area contributed by atoms with Crippen LogP contribution in [0, 0.1) is 6.92 Å². The van der Waals surface area contributed by atoms with Gasteiger partial charge in [0.2, 0.25) is 0 Å². The largest absolute Gasteiger partial charge is 0.359 e. The zero-order valence-corrected chi connectivity index (χ0v) is 13.2. The SMILES string of the molecule is Cc1ccsc1CN1CCC[C@@H]1c1cc(C(C)C)no1. The van der Waals surface area contributed by atoms with Crippen LogP contribution in [0.5, 0.6) is 0 Å². The van der Waals surface area contributed by atoms with E-state index < -0.39 is 0 Å². The molecule has 3 heterocycles. The second-order valence-corrected chi connectivity index (χ2v) is 6.96. The molecule has 0 saturated carbocycles. The van der Waals surface area contributed by atoms with E-state index in [1.807, 2.05) is 11.3 Å². The molecule has 4 heteroatoms. The number of nitrogens with zero attached hydrogens (tertiary/aromatic N) is 2. The van der Waals surface area contributed by atoms with Crippen molar-refractivity contribution in [3.8, 4) is 0 Å². The lowest BCUT2D eigenvalue weighted by molar-refractivity contribution is 0.207. The Morgan fingerprint density at radius 2 is 2.35 bits per heavy atom. The zero-order valence-electron chi connectivity index (χ0n) is 12.4. The first-order valence-electron chi connectivity index (χ1n) is 7.38. The summed E-state index contributed by atoms with van der Waals surface area (Å²) in [4.78, 5) is 4.00. The van der Waals surface area contributed by atoms with E-state index in [1.54, 1.807) is 0 Å². The van der Waals surface area contributed by atoms with Gasteiger partial charge in [0.1, 0.15) is 0 Å². The molecule has 20 heavy (non-hydrogen) atoms. The first-order chi connectivity index (χ1) is 9.65. The molecular weight excluding hydrogens is 268 g/mol. The Hall–Kier alpha value is -1.13. The van der Waals surface area contributed by atoms with E-state index in [0.29, 0.717) is 12.0 Å². The summed E-state index contributed by atoms with van der Waals surface area (Å²) in [6.45, 7) is 8.69. The smallest absolute Gasteiger partial charge is 0.154 e. The van der Waals surface area contributed by atoms with Crippen LogP contribution in [0.2, 0.25) is 0 Å². The molecule has 0 radical (unpaired) electrons. The highest BCUT2D eigenvalue weighted by atomic mass is 32.1. The van der Waals surface area contributed by atoms with Crippen molar-refractivity contribution in [2.75, 3.05) is 6.54 Å². The van der Waals surface area contributed by atoms with Crippen molar-refractivity contribution < 1.29 is 4.52 Å². The van der Waals surface area contributed by atoms with E-state index in [1.165, 1.54) is 23.3 Å². The minimum absolute atomic E-state index is 0.400. The number of hydrogen-bond acceptors (Lipinski definition) is 4. The second kappa shape index (κ2) is 5.70. The van der Waals surface area contributed by atoms with Crippen LogP contribution in [-0.4, -0.2) is 16.6 Å². The first-order valence-corrected chi connectivity index (χ1v) is 8.26. The summed E-state index contributed by atoms with van der Waals surface area (Å²) in [5.41, 5.74) is 2.47. The maximum Gasteiger partial charge on any atom is 0.154 e. The predicted molar refractivity (Wildman–Crippen MR) is 82.0 cm³/mol. The predicted octanol–water partition coefficient (Wildman–Crippen LogP) is 4.51. The quantitative estimate of drug-likeness (QED) is 0.830. The number of likely N-dealkylation sites (tertiary alicyclic amines) is 1. The number of rotatable bonds is 4. The van der Waals surface area contributed by atoms with Crippen LogP contribution >= 0.6 is 11.3 Å². The van der Waals surface area contributed by atoms with Gasteiger partial charge in [-0.25, -0.2) is 0 Å². The van der Waals surface area contributed by atoms with Crippen LogP contribution in [0.4, 0.5) is 0 Å². The highest BCUT2D eigenvalue weighted by Crippen LogP contribution is 2.35. The minimum atomic E-state index is 0.400. The molecule has 0 spiro atoms. The summed E-state index contributed by atoms with van der Waals surface area (Å²) in [5.74, 6) is 1.47. The van der Waals surface area contributed by atoms with Crippen molar-refractivity contribution in [1.29, 1.82) is 0 Å². The van der Waals surface area contributed by atoms with Crippen molar-refractivity contribution in [3.63, 3.8) is 0 Å². The van der Waals surface area contributed by atoms with Crippen molar-refractivity contribution >= 4 is 11.3 Å². The van der Waals surface area contributed by atoms with Crippen LogP contribution in [0.25, 0.3) is 0 Å². The Kier molecular flexibility index (Phi) is 3.94. The van der Waals surface area contributed by atoms with Gasteiger partial charge in [-0.1, -0.05) is 19.0 Å². The molecule has 0 bridgehead atoms.